The number of hydrogen-bond acceptors (Lipinski definition) is 2. The number of carboxylic acids is 1. The highest BCUT2D eigenvalue weighted by Crippen LogP contribution is 2.36. The van der Waals surface area contributed by atoms with Crippen LogP contribution in [-0.4, -0.2) is 21.6 Å². The van der Waals surface area contributed by atoms with Crippen LogP contribution in [0.3, 0.4) is 0 Å². The zero-order valence-corrected chi connectivity index (χ0v) is 8.43. The topological polar surface area (TPSA) is 37.3 Å². The van der Waals surface area contributed by atoms with Gasteiger partial charge in [0.15, 0.2) is 0 Å². The van der Waals surface area contributed by atoms with Gasteiger partial charge in [-0.3, -0.25) is 4.79 Å². The van der Waals surface area contributed by atoms with Crippen molar-refractivity contribution < 1.29 is 9.90 Å². The molecule has 0 amide bonds. The molecule has 1 N–H and O–H groups in total. The predicted molar refractivity (Wildman–Crippen MR) is 51.5 cm³/mol. The predicted octanol–water partition coefficient (Wildman–Crippen LogP) is 2.38. The molecule has 1 saturated carbocycles. The van der Waals surface area contributed by atoms with E-state index in [1.165, 1.54) is 0 Å². The first-order chi connectivity index (χ1) is 5.61. The van der Waals surface area contributed by atoms with E-state index < -0.39 is 5.97 Å². The summed E-state index contributed by atoms with van der Waals surface area (Å²) in [7, 11) is 0. The second-order valence-corrected chi connectivity index (χ2v) is 5.42. The Balaban J connectivity index is 2.46. The van der Waals surface area contributed by atoms with Gasteiger partial charge in [0.25, 0.3) is 0 Å². The number of hydrogen-bond donors (Lipinski definition) is 1. The van der Waals surface area contributed by atoms with Gasteiger partial charge in [0.2, 0.25) is 0 Å². The molecule has 3 heteroatoms. The summed E-state index contributed by atoms with van der Waals surface area (Å²) in [5.74, 6) is -0.692. The van der Waals surface area contributed by atoms with Crippen molar-refractivity contribution >= 4 is 17.7 Å². The fourth-order valence-electron chi connectivity index (χ4n) is 1.72. The van der Waals surface area contributed by atoms with Gasteiger partial charge in [-0.2, -0.15) is 11.8 Å². The van der Waals surface area contributed by atoms with E-state index in [2.05, 4.69) is 13.8 Å². The van der Waals surface area contributed by atoms with Crippen molar-refractivity contribution in [2.75, 3.05) is 0 Å². The molecule has 1 fully saturated rings. The van der Waals surface area contributed by atoms with Gasteiger partial charge >= 0.3 is 5.97 Å². The Labute approximate surface area is 77.7 Å². The van der Waals surface area contributed by atoms with Gasteiger partial charge in [0, 0.05) is 5.25 Å². The fourth-order valence-corrected chi connectivity index (χ4v) is 3.17. The van der Waals surface area contributed by atoms with Gasteiger partial charge in [-0.25, -0.2) is 0 Å². The van der Waals surface area contributed by atoms with Crippen molar-refractivity contribution in [3.63, 3.8) is 0 Å². The highest BCUT2D eigenvalue weighted by atomic mass is 32.2. The van der Waals surface area contributed by atoms with E-state index in [-0.39, 0.29) is 5.92 Å². The van der Waals surface area contributed by atoms with E-state index in [4.69, 9.17) is 5.11 Å². The first kappa shape index (κ1) is 9.90. The van der Waals surface area contributed by atoms with Gasteiger partial charge in [0.1, 0.15) is 0 Å². The minimum absolute atomic E-state index is 0.0857. The van der Waals surface area contributed by atoms with Crippen LogP contribution in [0.1, 0.15) is 33.1 Å². The maximum Gasteiger partial charge on any atom is 0.307 e. The first-order valence-electron chi connectivity index (χ1n) is 4.49. The van der Waals surface area contributed by atoms with Crippen LogP contribution in [0.15, 0.2) is 0 Å². The molecule has 0 heterocycles. The highest BCUT2D eigenvalue weighted by molar-refractivity contribution is 8.00. The van der Waals surface area contributed by atoms with Crippen molar-refractivity contribution in [2.45, 2.75) is 43.6 Å². The van der Waals surface area contributed by atoms with Crippen LogP contribution in [-0.2, 0) is 4.79 Å². The standard InChI is InChI=1S/C9H16O2S/c1-6(2)12-8-5-3-4-7(8)9(10)11/h6-8H,3-5H2,1-2H3,(H,10,11). The Hall–Kier alpha value is -0.180. The van der Waals surface area contributed by atoms with E-state index in [0.29, 0.717) is 10.5 Å². The molecule has 0 aliphatic heterocycles. The Morgan fingerprint density at radius 2 is 2.17 bits per heavy atom. The largest absolute Gasteiger partial charge is 0.481 e. The molecule has 2 unspecified atom stereocenters. The minimum atomic E-state index is -0.606. The Kier molecular flexibility index (Phi) is 3.44. The van der Waals surface area contributed by atoms with Crippen molar-refractivity contribution in [1.29, 1.82) is 0 Å². The number of carbonyl (C=O) groups is 1. The fraction of sp³-hybridized carbons (Fsp3) is 0.889. The molecule has 1 aliphatic carbocycles. The lowest BCUT2D eigenvalue weighted by molar-refractivity contribution is -0.141. The monoisotopic (exact) mass is 188 g/mol. The Morgan fingerprint density at radius 1 is 1.50 bits per heavy atom. The Morgan fingerprint density at radius 3 is 2.67 bits per heavy atom. The molecule has 1 aliphatic rings. The zero-order valence-electron chi connectivity index (χ0n) is 7.62. The van der Waals surface area contributed by atoms with E-state index in [0.717, 1.165) is 19.3 Å². The maximum absolute atomic E-state index is 10.8. The number of aliphatic carboxylic acids is 1. The summed E-state index contributed by atoms with van der Waals surface area (Å²) < 4.78 is 0. The van der Waals surface area contributed by atoms with Crippen LogP contribution in [0.4, 0.5) is 0 Å². The van der Waals surface area contributed by atoms with E-state index >= 15 is 0 Å². The van der Waals surface area contributed by atoms with Crippen LogP contribution < -0.4 is 0 Å². The van der Waals surface area contributed by atoms with E-state index in [1.807, 2.05) is 11.8 Å². The quantitative estimate of drug-likeness (QED) is 0.739. The van der Waals surface area contributed by atoms with E-state index in [9.17, 15) is 4.79 Å². The molecule has 70 valence electrons. The molecule has 0 aromatic rings. The van der Waals surface area contributed by atoms with Crippen molar-refractivity contribution in [3.05, 3.63) is 0 Å². The third-order valence-electron chi connectivity index (χ3n) is 2.22. The lowest BCUT2D eigenvalue weighted by atomic mass is 10.1. The van der Waals surface area contributed by atoms with Crippen LogP contribution in [0, 0.1) is 5.92 Å². The highest BCUT2D eigenvalue weighted by Gasteiger charge is 2.33. The Bertz CT molecular complexity index is 168. The molecule has 0 aromatic heterocycles. The van der Waals surface area contributed by atoms with Gasteiger partial charge in [-0.1, -0.05) is 20.3 Å². The van der Waals surface area contributed by atoms with Crippen molar-refractivity contribution in [1.82, 2.24) is 0 Å². The summed E-state index contributed by atoms with van der Waals surface area (Å²) in [5.41, 5.74) is 0. The summed E-state index contributed by atoms with van der Waals surface area (Å²) in [4.78, 5) is 10.8. The van der Waals surface area contributed by atoms with Crippen LogP contribution >= 0.6 is 11.8 Å². The summed E-state index contributed by atoms with van der Waals surface area (Å²) in [5, 5.41) is 9.80. The van der Waals surface area contributed by atoms with Crippen LogP contribution in [0.2, 0.25) is 0 Å². The lowest BCUT2D eigenvalue weighted by Gasteiger charge is -2.17. The van der Waals surface area contributed by atoms with Gasteiger partial charge in [-0.05, 0) is 18.1 Å². The number of thioether (sulfide) groups is 1. The zero-order chi connectivity index (χ0) is 9.14. The van der Waals surface area contributed by atoms with Crippen molar-refractivity contribution in [3.8, 4) is 0 Å². The summed E-state index contributed by atoms with van der Waals surface area (Å²) in [6.07, 6.45) is 3.04. The smallest absolute Gasteiger partial charge is 0.307 e. The van der Waals surface area contributed by atoms with Crippen LogP contribution in [0.25, 0.3) is 0 Å². The summed E-state index contributed by atoms with van der Waals surface area (Å²) in [6, 6.07) is 0. The number of carboxylic acid groups (broad SMARTS) is 1. The summed E-state index contributed by atoms with van der Waals surface area (Å²) in [6.45, 7) is 4.25. The van der Waals surface area contributed by atoms with Gasteiger partial charge < -0.3 is 5.11 Å². The third kappa shape index (κ3) is 2.41. The maximum atomic E-state index is 10.8. The molecule has 12 heavy (non-hydrogen) atoms. The molecule has 0 radical (unpaired) electrons. The molecule has 0 aromatic carbocycles. The molecule has 2 atom stereocenters. The van der Waals surface area contributed by atoms with Crippen LogP contribution in [0.5, 0.6) is 0 Å². The summed E-state index contributed by atoms with van der Waals surface area (Å²) >= 11 is 1.82. The molecular formula is C9H16O2S. The van der Waals surface area contributed by atoms with Crippen molar-refractivity contribution in [2.24, 2.45) is 5.92 Å². The SMILES string of the molecule is CC(C)SC1CCCC1C(=O)O. The molecule has 0 spiro atoms. The molecule has 0 saturated heterocycles. The normalized spacial score (nSPS) is 29.6. The average Bonchev–Trinajstić information content (AvgIpc) is 2.33. The first-order valence-corrected chi connectivity index (χ1v) is 5.44. The van der Waals surface area contributed by atoms with Gasteiger partial charge in [-0.15, -0.1) is 0 Å². The number of rotatable bonds is 3. The lowest BCUT2D eigenvalue weighted by Crippen LogP contribution is -2.21. The van der Waals surface area contributed by atoms with Gasteiger partial charge in [0.05, 0.1) is 5.92 Å². The average molecular weight is 188 g/mol. The molecule has 0 bridgehead atoms. The minimum Gasteiger partial charge on any atom is -0.481 e. The second kappa shape index (κ2) is 4.17. The van der Waals surface area contributed by atoms with E-state index in [1.54, 1.807) is 0 Å². The third-order valence-corrected chi connectivity index (χ3v) is 3.67. The molecular weight excluding hydrogens is 172 g/mol. The molecule has 2 nitrogen and oxygen atoms in total. The molecule has 1 rings (SSSR count). The second-order valence-electron chi connectivity index (χ2n) is 3.60.